The molecule has 2 atom stereocenters. The molecule has 0 radical (unpaired) electrons. The number of hydrogen-bond donors (Lipinski definition) is 2. The standard InChI is InChI=1S/C14H21N3O4/c18-8-13-20-9-12(21-13)17-7-6-11(16-14(17)19)15-10-4-2-1-3-5-10/h6-7,10,12-13,18H,1-5,8-9H2,(H,15,16,19). The van der Waals surface area contributed by atoms with Crippen molar-refractivity contribution in [3.63, 3.8) is 0 Å². The van der Waals surface area contributed by atoms with Crippen LogP contribution in [-0.4, -0.2) is 40.2 Å². The lowest BCUT2D eigenvalue weighted by Crippen LogP contribution is -2.30. The highest BCUT2D eigenvalue weighted by Gasteiger charge is 2.27. The molecule has 1 aliphatic carbocycles. The van der Waals surface area contributed by atoms with Crippen molar-refractivity contribution in [2.45, 2.75) is 50.7 Å². The van der Waals surface area contributed by atoms with Crippen LogP contribution in [0.2, 0.25) is 0 Å². The summed E-state index contributed by atoms with van der Waals surface area (Å²) in [7, 11) is 0. The number of rotatable bonds is 4. The van der Waals surface area contributed by atoms with Gasteiger partial charge >= 0.3 is 5.69 Å². The zero-order valence-electron chi connectivity index (χ0n) is 11.9. The third-order valence-electron chi connectivity index (χ3n) is 3.98. The summed E-state index contributed by atoms with van der Waals surface area (Å²) in [5, 5.41) is 12.3. The second-order valence-corrected chi connectivity index (χ2v) is 5.52. The van der Waals surface area contributed by atoms with Gasteiger partial charge in [0.1, 0.15) is 5.82 Å². The summed E-state index contributed by atoms with van der Waals surface area (Å²) in [5.74, 6) is 0.612. The predicted octanol–water partition coefficient (Wildman–Crippen LogP) is 0.852. The quantitative estimate of drug-likeness (QED) is 0.856. The molecule has 116 valence electrons. The van der Waals surface area contributed by atoms with Crippen LogP contribution in [0, 0.1) is 0 Å². The SMILES string of the molecule is O=c1nc(NC2CCCCC2)ccn1C1COC(CO)O1. The van der Waals surface area contributed by atoms with E-state index in [0.29, 0.717) is 11.9 Å². The Morgan fingerprint density at radius 1 is 1.38 bits per heavy atom. The number of aliphatic hydroxyl groups excluding tert-OH is 1. The van der Waals surface area contributed by atoms with Crippen molar-refractivity contribution in [1.82, 2.24) is 9.55 Å². The zero-order chi connectivity index (χ0) is 14.7. The maximum Gasteiger partial charge on any atom is 0.351 e. The van der Waals surface area contributed by atoms with Crippen molar-refractivity contribution < 1.29 is 14.6 Å². The highest BCUT2D eigenvalue weighted by molar-refractivity contribution is 5.33. The number of aliphatic hydroxyl groups is 1. The average molecular weight is 295 g/mol. The maximum absolute atomic E-state index is 12.1. The molecule has 0 bridgehead atoms. The molecule has 2 fully saturated rings. The number of hydrogen-bond acceptors (Lipinski definition) is 6. The Bertz CT molecular complexity index is 527. The second-order valence-electron chi connectivity index (χ2n) is 5.52. The first kappa shape index (κ1) is 14.5. The minimum atomic E-state index is -0.665. The molecular weight excluding hydrogens is 274 g/mol. The molecular formula is C14H21N3O4. The summed E-state index contributed by atoms with van der Waals surface area (Å²) < 4.78 is 12.0. The minimum Gasteiger partial charge on any atom is -0.391 e. The van der Waals surface area contributed by atoms with E-state index in [1.54, 1.807) is 12.3 Å². The normalized spacial score (nSPS) is 26.9. The van der Waals surface area contributed by atoms with E-state index in [1.165, 1.54) is 23.8 Å². The molecule has 7 nitrogen and oxygen atoms in total. The molecule has 21 heavy (non-hydrogen) atoms. The summed E-state index contributed by atoms with van der Waals surface area (Å²) >= 11 is 0. The molecule has 3 rings (SSSR count). The highest BCUT2D eigenvalue weighted by Crippen LogP contribution is 2.21. The molecule has 1 aromatic rings. The maximum atomic E-state index is 12.1. The van der Waals surface area contributed by atoms with Gasteiger partial charge in [0.25, 0.3) is 0 Å². The molecule has 7 heteroatoms. The first-order valence-corrected chi connectivity index (χ1v) is 7.50. The van der Waals surface area contributed by atoms with E-state index in [0.717, 1.165) is 12.8 Å². The van der Waals surface area contributed by atoms with E-state index in [4.69, 9.17) is 14.6 Å². The molecule has 2 unspecified atom stereocenters. The van der Waals surface area contributed by atoms with Gasteiger partial charge < -0.3 is 19.9 Å². The van der Waals surface area contributed by atoms with Crippen LogP contribution in [0.4, 0.5) is 5.82 Å². The molecule has 1 aromatic heterocycles. The van der Waals surface area contributed by atoms with Crippen LogP contribution < -0.4 is 11.0 Å². The molecule has 1 saturated carbocycles. The van der Waals surface area contributed by atoms with Crippen molar-refractivity contribution in [2.75, 3.05) is 18.5 Å². The van der Waals surface area contributed by atoms with Crippen molar-refractivity contribution in [2.24, 2.45) is 0 Å². The average Bonchev–Trinajstić information content (AvgIpc) is 2.97. The van der Waals surface area contributed by atoms with Crippen LogP contribution in [0.25, 0.3) is 0 Å². The lowest BCUT2D eigenvalue weighted by Gasteiger charge is -2.23. The number of nitrogens with one attached hydrogen (secondary N) is 1. The largest absolute Gasteiger partial charge is 0.391 e. The van der Waals surface area contributed by atoms with Gasteiger partial charge in [-0.2, -0.15) is 4.98 Å². The molecule has 0 aromatic carbocycles. The molecule has 2 aliphatic rings. The minimum absolute atomic E-state index is 0.222. The third kappa shape index (κ3) is 3.42. The van der Waals surface area contributed by atoms with Gasteiger partial charge in [-0.3, -0.25) is 4.57 Å². The number of nitrogens with zero attached hydrogens (tertiary/aromatic N) is 2. The summed E-state index contributed by atoms with van der Waals surface area (Å²) in [6, 6.07) is 2.19. The van der Waals surface area contributed by atoms with Crippen LogP contribution >= 0.6 is 0 Å². The van der Waals surface area contributed by atoms with E-state index in [-0.39, 0.29) is 18.9 Å². The second kappa shape index (κ2) is 6.55. The van der Waals surface area contributed by atoms with Crippen LogP contribution in [-0.2, 0) is 9.47 Å². The van der Waals surface area contributed by atoms with E-state index < -0.39 is 12.5 Å². The van der Waals surface area contributed by atoms with E-state index in [1.807, 2.05) is 0 Å². The van der Waals surface area contributed by atoms with Crippen LogP contribution in [0.3, 0.4) is 0 Å². The van der Waals surface area contributed by atoms with Crippen molar-refractivity contribution in [1.29, 1.82) is 0 Å². The number of anilines is 1. The lowest BCUT2D eigenvalue weighted by atomic mass is 9.95. The van der Waals surface area contributed by atoms with E-state index >= 15 is 0 Å². The van der Waals surface area contributed by atoms with Gasteiger partial charge in [0.05, 0.1) is 13.2 Å². The highest BCUT2D eigenvalue weighted by atomic mass is 16.7. The van der Waals surface area contributed by atoms with Gasteiger partial charge in [0.2, 0.25) is 0 Å². The van der Waals surface area contributed by atoms with Crippen LogP contribution in [0.1, 0.15) is 38.3 Å². The Hall–Kier alpha value is -1.44. The van der Waals surface area contributed by atoms with Crippen LogP contribution in [0.5, 0.6) is 0 Å². The third-order valence-corrected chi connectivity index (χ3v) is 3.98. The molecule has 2 N–H and O–H groups in total. The fraction of sp³-hybridized carbons (Fsp3) is 0.714. The van der Waals surface area contributed by atoms with Crippen molar-refractivity contribution in [3.8, 4) is 0 Å². The first-order chi connectivity index (χ1) is 10.3. The Morgan fingerprint density at radius 3 is 2.86 bits per heavy atom. The molecule has 0 spiro atoms. The Kier molecular flexibility index (Phi) is 4.52. The Labute approximate surface area is 122 Å². The van der Waals surface area contributed by atoms with Crippen molar-refractivity contribution >= 4 is 5.82 Å². The topological polar surface area (TPSA) is 85.6 Å². The van der Waals surface area contributed by atoms with Gasteiger partial charge in [-0.05, 0) is 18.9 Å². The summed E-state index contributed by atoms with van der Waals surface area (Å²) in [4.78, 5) is 16.1. The fourth-order valence-electron chi connectivity index (χ4n) is 2.85. The van der Waals surface area contributed by atoms with Crippen LogP contribution in [0.15, 0.2) is 17.1 Å². The monoisotopic (exact) mass is 295 g/mol. The van der Waals surface area contributed by atoms with E-state index in [2.05, 4.69) is 10.3 Å². The van der Waals surface area contributed by atoms with E-state index in [9.17, 15) is 4.79 Å². The fourth-order valence-corrected chi connectivity index (χ4v) is 2.85. The molecule has 2 heterocycles. The molecule has 1 aliphatic heterocycles. The lowest BCUT2D eigenvalue weighted by molar-refractivity contribution is -0.0992. The number of aromatic nitrogens is 2. The molecule has 1 saturated heterocycles. The Morgan fingerprint density at radius 2 is 2.19 bits per heavy atom. The zero-order valence-corrected chi connectivity index (χ0v) is 11.9. The van der Waals surface area contributed by atoms with Gasteiger partial charge in [-0.25, -0.2) is 4.79 Å². The van der Waals surface area contributed by atoms with Gasteiger partial charge in [-0.1, -0.05) is 19.3 Å². The Balaban J connectivity index is 1.66. The summed E-state index contributed by atoms with van der Waals surface area (Å²) in [6.07, 6.45) is 6.47. The molecule has 0 amide bonds. The number of ether oxygens (including phenoxy) is 2. The first-order valence-electron chi connectivity index (χ1n) is 7.50. The van der Waals surface area contributed by atoms with Gasteiger partial charge in [0.15, 0.2) is 12.5 Å². The summed E-state index contributed by atoms with van der Waals surface area (Å²) in [5.41, 5.74) is -0.372. The van der Waals surface area contributed by atoms with Gasteiger partial charge in [0, 0.05) is 12.2 Å². The predicted molar refractivity (Wildman–Crippen MR) is 75.9 cm³/mol. The smallest absolute Gasteiger partial charge is 0.351 e. The summed E-state index contributed by atoms with van der Waals surface area (Å²) in [6.45, 7) is 0.0161. The van der Waals surface area contributed by atoms with Gasteiger partial charge in [-0.15, -0.1) is 0 Å². The van der Waals surface area contributed by atoms with Crippen molar-refractivity contribution in [3.05, 3.63) is 22.7 Å².